The zero-order valence-electron chi connectivity index (χ0n) is 33.5. The number of H-pyrrole nitrogens is 2. The molecule has 2 aromatic heterocycles. The number of nitrogens with zero attached hydrogens (tertiary/aromatic N) is 4. The Labute approximate surface area is 329 Å². The number of rotatable bonds is 11. The van der Waals surface area contributed by atoms with E-state index >= 15 is 0 Å². The number of carbonyl (C=O) groups excluding carboxylic acids is 4. The van der Waals surface area contributed by atoms with E-state index in [4.69, 9.17) is 14.5 Å². The first kappa shape index (κ1) is 40.2. The Balaban J connectivity index is 1.13. The number of aromatic amines is 2. The molecule has 4 aromatic rings. The summed E-state index contributed by atoms with van der Waals surface area (Å²) >= 11 is 0. The molecule has 4 atom stereocenters. The normalized spacial score (nSPS) is 18.9. The maximum Gasteiger partial charge on any atom is 0.407 e. The number of alkyl carbamates (subject to hydrolysis) is 2. The molecular formula is C41H54N8O6Si. The third-order valence-corrected chi connectivity index (χ3v) is 13.6. The van der Waals surface area contributed by atoms with Crippen LogP contribution in [0.1, 0.15) is 64.3 Å². The molecule has 4 N–H and O–H groups in total. The van der Waals surface area contributed by atoms with Crippen molar-refractivity contribution in [3.8, 4) is 33.6 Å². The number of hydrogen-bond acceptors (Lipinski definition) is 8. The van der Waals surface area contributed by atoms with Gasteiger partial charge in [0.1, 0.15) is 23.7 Å². The van der Waals surface area contributed by atoms with Crippen LogP contribution < -0.4 is 10.6 Å². The van der Waals surface area contributed by atoms with Crippen LogP contribution in [0.3, 0.4) is 0 Å². The molecule has 0 saturated carbocycles. The number of methoxy groups -OCH3 is 2. The molecule has 6 rings (SSSR count). The minimum absolute atomic E-state index is 0.105. The van der Waals surface area contributed by atoms with E-state index in [2.05, 4.69) is 87.2 Å². The summed E-state index contributed by atoms with van der Waals surface area (Å²) in [4.78, 5) is 71.5. The Hall–Kier alpha value is -5.44. The number of benzene rings is 2. The first-order valence-electron chi connectivity index (χ1n) is 19.3. The number of carbonyl (C=O) groups is 4. The molecule has 0 spiro atoms. The fourth-order valence-corrected chi connectivity index (χ4v) is 10.7. The molecule has 2 saturated heterocycles. The second-order valence-corrected chi connectivity index (χ2v) is 21.3. The summed E-state index contributed by atoms with van der Waals surface area (Å²) in [5.41, 5.74) is 5.80. The molecule has 2 aliphatic rings. The average molecular weight is 783 g/mol. The highest BCUT2D eigenvalue weighted by molar-refractivity contribution is 6.78. The summed E-state index contributed by atoms with van der Waals surface area (Å²) in [6.07, 6.45) is 4.70. The second kappa shape index (κ2) is 16.7. The van der Waals surface area contributed by atoms with Gasteiger partial charge in [0.15, 0.2) is 0 Å². The molecule has 56 heavy (non-hydrogen) atoms. The van der Waals surface area contributed by atoms with Crippen molar-refractivity contribution in [2.24, 2.45) is 11.8 Å². The zero-order chi connectivity index (χ0) is 40.3. The molecular weight excluding hydrogens is 729 g/mol. The zero-order valence-corrected chi connectivity index (χ0v) is 34.5. The molecule has 2 fully saturated rings. The molecule has 2 aromatic carbocycles. The number of amides is 4. The Kier molecular flexibility index (Phi) is 12.0. The van der Waals surface area contributed by atoms with Gasteiger partial charge in [-0.25, -0.2) is 19.6 Å². The molecule has 0 bridgehead atoms. The highest BCUT2D eigenvalue weighted by Gasteiger charge is 2.46. The highest BCUT2D eigenvalue weighted by Crippen LogP contribution is 2.38. The maximum atomic E-state index is 13.8. The van der Waals surface area contributed by atoms with E-state index < -0.39 is 32.3 Å². The van der Waals surface area contributed by atoms with Crippen molar-refractivity contribution in [2.75, 3.05) is 26.9 Å². The number of likely N-dealkylation sites (tertiary alicyclic amines) is 1. The monoisotopic (exact) mass is 782 g/mol. The lowest BCUT2D eigenvalue weighted by Gasteiger charge is -2.30. The van der Waals surface area contributed by atoms with Crippen LogP contribution in [-0.4, -0.2) is 101 Å². The van der Waals surface area contributed by atoms with Crippen LogP contribution in [0, 0.1) is 11.8 Å². The van der Waals surface area contributed by atoms with Gasteiger partial charge < -0.3 is 39.9 Å². The summed E-state index contributed by atoms with van der Waals surface area (Å²) in [7, 11) is 0.847. The molecule has 298 valence electrons. The number of aromatic nitrogens is 4. The summed E-state index contributed by atoms with van der Waals surface area (Å²) in [6, 6.07) is 15.6. The Bertz CT molecular complexity index is 2030. The second-order valence-electron chi connectivity index (χ2n) is 16.3. The fraction of sp³-hybridized carbons (Fsp3) is 0.463. The van der Waals surface area contributed by atoms with Gasteiger partial charge in [-0.3, -0.25) is 9.59 Å². The topological polar surface area (TPSA) is 175 Å². The third-order valence-electron chi connectivity index (χ3n) is 10.9. The van der Waals surface area contributed by atoms with Crippen molar-refractivity contribution in [2.45, 2.75) is 83.8 Å². The van der Waals surface area contributed by atoms with Crippen LogP contribution in [-0.2, 0) is 19.1 Å². The van der Waals surface area contributed by atoms with Crippen LogP contribution in [0.5, 0.6) is 0 Å². The van der Waals surface area contributed by atoms with Gasteiger partial charge in [-0.1, -0.05) is 89.3 Å². The molecule has 2 aliphatic heterocycles. The van der Waals surface area contributed by atoms with Crippen LogP contribution in [0.25, 0.3) is 33.6 Å². The fourth-order valence-electron chi connectivity index (χ4n) is 7.81. The smallest absolute Gasteiger partial charge is 0.407 e. The van der Waals surface area contributed by atoms with E-state index in [9.17, 15) is 19.2 Å². The van der Waals surface area contributed by atoms with Gasteiger partial charge >= 0.3 is 12.2 Å². The number of hydrogen-bond donors (Lipinski definition) is 4. The first-order chi connectivity index (χ1) is 26.7. The summed E-state index contributed by atoms with van der Waals surface area (Å²) in [5.74, 6) is 0.998. The van der Waals surface area contributed by atoms with Gasteiger partial charge in [-0.15, -0.1) is 0 Å². The number of ether oxygens (including phenoxy) is 2. The van der Waals surface area contributed by atoms with Gasteiger partial charge in [-0.05, 0) is 53.0 Å². The summed E-state index contributed by atoms with van der Waals surface area (Å²) in [6.45, 7) is 12.8. The maximum absolute atomic E-state index is 13.8. The lowest BCUT2D eigenvalue weighted by molar-refractivity contribution is -0.136. The molecule has 0 unspecified atom stereocenters. The Morgan fingerprint density at radius 3 is 1.57 bits per heavy atom. The predicted octanol–water partition coefficient (Wildman–Crippen LogP) is 6.69. The van der Waals surface area contributed by atoms with Gasteiger partial charge in [0.2, 0.25) is 11.8 Å². The Morgan fingerprint density at radius 1 is 0.696 bits per heavy atom. The molecule has 0 radical (unpaired) electrons. The van der Waals surface area contributed by atoms with Crippen molar-refractivity contribution >= 4 is 32.1 Å². The molecule has 4 heterocycles. The molecule has 14 nitrogen and oxygen atoms in total. The van der Waals surface area contributed by atoms with Crippen molar-refractivity contribution in [1.82, 2.24) is 40.4 Å². The lowest BCUT2D eigenvalue weighted by atomic mass is 10.0. The molecule has 0 aliphatic carbocycles. The van der Waals surface area contributed by atoms with Crippen molar-refractivity contribution < 1.29 is 28.7 Å². The average Bonchev–Trinajstić information content (AvgIpc) is 4.01. The van der Waals surface area contributed by atoms with E-state index in [0.717, 1.165) is 64.2 Å². The van der Waals surface area contributed by atoms with E-state index in [1.54, 1.807) is 6.20 Å². The number of nitrogens with one attached hydrogen (secondary N) is 4. The third kappa shape index (κ3) is 8.67. The molecule has 4 amide bonds. The molecule has 15 heteroatoms. The van der Waals surface area contributed by atoms with Crippen molar-refractivity contribution in [3.05, 3.63) is 72.6 Å². The van der Waals surface area contributed by atoms with E-state index in [1.165, 1.54) is 14.2 Å². The van der Waals surface area contributed by atoms with E-state index in [0.29, 0.717) is 12.7 Å². The number of imidazole rings is 2. The highest BCUT2D eigenvalue weighted by atomic mass is 28.3. The van der Waals surface area contributed by atoms with Crippen LogP contribution in [0.4, 0.5) is 9.59 Å². The first-order valence-corrected chi connectivity index (χ1v) is 22.7. The minimum Gasteiger partial charge on any atom is -0.453 e. The van der Waals surface area contributed by atoms with Crippen LogP contribution >= 0.6 is 0 Å². The van der Waals surface area contributed by atoms with E-state index in [-0.39, 0.29) is 35.7 Å². The van der Waals surface area contributed by atoms with Crippen molar-refractivity contribution in [3.63, 3.8) is 0 Å². The standard InChI is InChI=1S/C41H54N8O6Si/c1-24(2)34(46-40(52)54-5)38(50)48-19-9-10-32(48)36-42-20-30(44-36)28-15-11-26(12-16-28)27-13-17-29(18-14-27)31-21-43-37(45-31)33-22-56(7,8)23-49(33)39(51)35(25(3)4)47-41(53)55-6/h11-18,20-21,24-25,32-35H,9-10,19,22-23H2,1-8H3,(H,42,44)(H,43,45)(H,46,52)(H,47,53)/t32-,33-,34-,35-/m0/s1. The van der Waals surface area contributed by atoms with Gasteiger partial charge in [0, 0.05) is 12.7 Å². The largest absolute Gasteiger partial charge is 0.453 e. The van der Waals surface area contributed by atoms with E-state index in [1.807, 2.05) is 43.7 Å². The van der Waals surface area contributed by atoms with Gasteiger partial charge in [0.05, 0.1) is 58.2 Å². The summed E-state index contributed by atoms with van der Waals surface area (Å²) < 4.78 is 9.56. The van der Waals surface area contributed by atoms with Gasteiger partial charge in [-0.2, -0.15) is 0 Å². The van der Waals surface area contributed by atoms with Crippen molar-refractivity contribution in [1.29, 1.82) is 0 Å². The van der Waals surface area contributed by atoms with Gasteiger partial charge in [0.25, 0.3) is 0 Å². The Morgan fingerprint density at radius 2 is 1.12 bits per heavy atom. The van der Waals surface area contributed by atoms with Crippen LogP contribution in [0.15, 0.2) is 60.9 Å². The lowest BCUT2D eigenvalue weighted by Crippen LogP contribution is -2.52. The minimum atomic E-state index is -1.74. The SMILES string of the molecule is COC(=O)N[C@H](C(=O)N1CCC[C@H]1c1ncc(-c2ccc(-c3ccc(-c4cnc([C@@H]5C[Si](C)(C)CN5C(=O)[C@@H](NC(=O)OC)C(C)C)[nH]4)cc3)cc2)[nH]1)C(C)C. The summed E-state index contributed by atoms with van der Waals surface area (Å²) in [5, 5.41) is 5.43. The predicted molar refractivity (Wildman–Crippen MR) is 216 cm³/mol. The van der Waals surface area contributed by atoms with Crippen LogP contribution in [0.2, 0.25) is 19.1 Å². The quantitative estimate of drug-likeness (QED) is 0.122.